The van der Waals surface area contributed by atoms with Gasteiger partial charge in [0.25, 0.3) is 0 Å². The molecule has 4 nitrogen and oxygen atoms in total. The third kappa shape index (κ3) is 2.91. The average Bonchev–Trinajstić information content (AvgIpc) is 2.71. The fourth-order valence-corrected chi connectivity index (χ4v) is 3.45. The molecule has 1 heterocycles. The highest BCUT2D eigenvalue weighted by Gasteiger charge is 2.45. The maximum Gasteiger partial charge on any atom is 0.117 e. The first-order valence-corrected chi connectivity index (χ1v) is 7.09. The standard InChI is InChI=1S/C14H28N4/c1-10(2)17-7-13(16-4)18-8-11-5-14(3,15)6-12(11)9-18/h7,10-12,16-17H,5-6,8-9,15H2,1-4H3/b13-7+/t11-,12+,14+. The molecule has 104 valence electrons. The molecule has 0 aromatic carbocycles. The van der Waals surface area contributed by atoms with Crippen LogP contribution < -0.4 is 16.4 Å². The van der Waals surface area contributed by atoms with Gasteiger partial charge >= 0.3 is 0 Å². The number of hydrogen-bond acceptors (Lipinski definition) is 4. The third-order valence-corrected chi connectivity index (χ3v) is 4.18. The lowest BCUT2D eigenvalue weighted by Crippen LogP contribution is -2.37. The van der Waals surface area contributed by atoms with Gasteiger partial charge in [0.2, 0.25) is 0 Å². The van der Waals surface area contributed by atoms with Crippen LogP contribution in [0.15, 0.2) is 12.0 Å². The minimum atomic E-state index is 0.0706. The van der Waals surface area contributed by atoms with Gasteiger partial charge in [0, 0.05) is 37.9 Å². The van der Waals surface area contributed by atoms with E-state index in [0.29, 0.717) is 6.04 Å². The van der Waals surface area contributed by atoms with Crippen molar-refractivity contribution in [2.75, 3.05) is 20.1 Å². The molecular weight excluding hydrogens is 224 g/mol. The first-order chi connectivity index (χ1) is 8.41. The number of nitrogens with zero attached hydrogens (tertiary/aromatic N) is 1. The van der Waals surface area contributed by atoms with Crippen molar-refractivity contribution >= 4 is 0 Å². The Morgan fingerprint density at radius 2 is 1.89 bits per heavy atom. The first kappa shape index (κ1) is 13.5. The topological polar surface area (TPSA) is 53.3 Å². The summed E-state index contributed by atoms with van der Waals surface area (Å²) in [5.41, 5.74) is 6.33. The summed E-state index contributed by atoms with van der Waals surface area (Å²) < 4.78 is 0. The maximum absolute atomic E-state index is 6.26. The van der Waals surface area contributed by atoms with E-state index in [9.17, 15) is 0 Å². The summed E-state index contributed by atoms with van der Waals surface area (Å²) in [5, 5.41) is 6.67. The van der Waals surface area contributed by atoms with Crippen molar-refractivity contribution in [3.05, 3.63) is 12.0 Å². The Morgan fingerprint density at radius 1 is 1.33 bits per heavy atom. The minimum Gasteiger partial charge on any atom is -0.386 e. The number of fused-ring (bicyclic) bond motifs is 1. The van der Waals surface area contributed by atoms with Gasteiger partial charge < -0.3 is 21.3 Å². The molecule has 2 rings (SSSR count). The lowest BCUT2D eigenvalue weighted by molar-refractivity contribution is 0.330. The quantitative estimate of drug-likeness (QED) is 0.700. The van der Waals surface area contributed by atoms with Gasteiger partial charge in [0.1, 0.15) is 5.82 Å². The van der Waals surface area contributed by atoms with Crippen molar-refractivity contribution in [3.8, 4) is 0 Å². The zero-order valence-corrected chi connectivity index (χ0v) is 12.2. The molecule has 3 atom stereocenters. The fraction of sp³-hybridized carbons (Fsp3) is 0.857. The van der Waals surface area contributed by atoms with Crippen LogP contribution in [0.5, 0.6) is 0 Å². The van der Waals surface area contributed by atoms with Gasteiger partial charge in [0.15, 0.2) is 0 Å². The van der Waals surface area contributed by atoms with Crippen molar-refractivity contribution in [1.82, 2.24) is 15.5 Å². The van der Waals surface area contributed by atoms with E-state index >= 15 is 0 Å². The Kier molecular flexibility index (Phi) is 3.76. The summed E-state index contributed by atoms with van der Waals surface area (Å²) in [5.74, 6) is 2.75. The molecule has 0 amide bonds. The molecule has 0 radical (unpaired) electrons. The molecule has 1 saturated carbocycles. The highest BCUT2D eigenvalue weighted by molar-refractivity contribution is 5.07. The maximum atomic E-state index is 6.26. The van der Waals surface area contributed by atoms with Gasteiger partial charge in [-0.25, -0.2) is 0 Å². The van der Waals surface area contributed by atoms with Crippen LogP contribution in [0.3, 0.4) is 0 Å². The second-order valence-corrected chi connectivity index (χ2v) is 6.59. The minimum absolute atomic E-state index is 0.0706. The summed E-state index contributed by atoms with van der Waals surface area (Å²) in [6, 6.07) is 0.475. The Bertz CT molecular complexity index is 306. The van der Waals surface area contributed by atoms with Crippen molar-refractivity contribution in [3.63, 3.8) is 0 Å². The van der Waals surface area contributed by atoms with Crippen LogP contribution >= 0.6 is 0 Å². The molecule has 0 bridgehead atoms. The molecule has 0 aromatic rings. The van der Waals surface area contributed by atoms with Crippen LogP contribution in [0.2, 0.25) is 0 Å². The van der Waals surface area contributed by atoms with E-state index in [4.69, 9.17) is 5.73 Å². The van der Waals surface area contributed by atoms with E-state index in [1.807, 2.05) is 7.05 Å². The van der Waals surface area contributed by atoms with Crippen LogP contribution in [0, 0.1) is 11.8 Å². The van der Waals surface area contributed by atoms with Gasteiger partial charge in [-0.1, -0.05) is 0 Å². The van der Waals surface area contributed by atoms with Crippen molar-refractivity contribution in [1.29, 1.82) is 0 Å². The molecule has 2 fully saturated rings. The zero-order valence-electron chi connectivity index (χ0n) is 12.2. The van der Waals surface area contributed by atoms with Crippen LogP contribution in [0.25, 0.3) is 0 Å². The Hall–Kier alpha value is -0.900. The molecule has 0 spiro atoms. The predicted octanol–water partition coefficient (Wildman–Crippen LogP) is 1.06. The number of likely N-dealkylation sites (tertiary alicyclic amines) is 1. The lowest BCUT2D eigenvalue weighted by Gasteiger charge is -2.26. The molecule has 0 aromatic heterocycles. The predicted molar refractivity (Wildman–Crippen MR) is 75.8 cm³/mol. The number of rotatable bonds is 4. The van der Waals surface area contributed by atoms with Crippen LogP contribution in [-0.4, -0.2) is 36.6 Å². The summed E-state index contributed by atoms with van der Waals surface area (Å²) in [6.07, 6.45) is 4.44. The number of nitrogens with two attached hydrogens (primary N) is 1. The third-order valence-electron chi connectivity index (χ3n) is 4.18. The average molecular weight is 252 g/mol. The molecule has 4 heteroatoms. The summed E-state index contributed by atoms with van der Waals surface area (Å²) in [4.78, 5) is 2.46. The molecule has 0 unspecified atom stereocenters. The molecule has 1 aliphatic heterocycles. The van der Waals surface area contributed by atoms with Crippen LogP contribution in [-0.2, 0) is 0 Å². The second kappa shape index (κ2) is 5.00. The number of hydrogen-bond donors (Lipinski definition) is 3. The largest absolute Gasteiger partial charge is 0.386 e. The van der Waals surface area contributed by atoms with Gasteiger partial charge in [-0.2, -0.15) is 0 Å². The summed E-state index contributed by atoms with van der Waals surface area (Å²) in [7, 11) is 2.00. The Balaban J connectivity index is 1.95. The van der Waals surface area contributed by atoms with Gasteiger partial charge in [-0.15, -0.1) is 0 Å². The highest BCUT2D eigenvalue weighted by Crippen LogP contribution is 2.42. The molecule has 1 aliphatic carbocycles. The molecule has 18 heavy (non-hydrogen) atoms. The molecule has 1 saturated heterocycles. The van der Waals surface area contributed by atoms with Gasteiger partial charge in [-0.3, -0.25) is 0 Å². The fourth-order valence-electron chi connectivity index (χ4n) is 3.45. The summed E-state index contributed by atoms with van der Waals surface area (Å²) >= 11 is 0. The van der Waals surface area contributed by atoms with Crippen LogP contribution in [0.1, 0.15) is 33.6 Å². The van der Waals surface area contributed by atoms with Crippen LogP contribution in [0.4, 0.5) is 0 Å². The zero-order chi connectivity index (χ0) is 13.3. The second-order valence-electron chi connectivity index (χ2n) is 6.59. The number of nitrogens with one attached hydrogen (secondary N) is 2. The first-order valence-electron chi connectivity index (χ1n) is 7.09. The monoisotopic (exact) mass is 252 g/mol. The van der Waals surface area contributed by atoms with Crippen molar-refractivity contribution in [2.24, 2.45) is 17.6 Å². The highest BCUT2D eigenvalue weighted by atomic mass is 15.3. The molecular formula is C14H28N4. The normalized spacial score (nSPS) is 36.1. The summed E-state index contributed by atoms with van der Waals surface area (Å²) in [6.45, 7) is 8.79. The van der Waals surface area contributed by atoms with Crippen molar-refractivity contribution < 1.29 is 0 Å². The lowest BCUT2D eigenvalue weighted by atomic mass is 10.00. The smallest absolute Gasteiger partial charge is 0.117 e. The van der Waals surface area contributed by atoms with E-state index in [1.165, 1.54) is 18.7 Å². The molecule has 2 aliphatic rings. The van der Waals surface area contributed by atoms with E-state index < -0.39 is 0 Å². The molecule has 4 N–H and O–H groups in total. The Morgan fingerprint density at radius 3 is 2.33 bits per heavy atom. The Labute approximate surface area is 111 Å². The van der Waals surface area contributed by atoms with E-state index in [0.717, 1.165) is 24.9 Å². The van der Waals surface area contributed by atoms with Gasteiger partial charge in [0.05, 0.1) is 0 Å². The van der Waals surface area contributed by atoms with Gasteiger partial charge in [-0.05, 0) is 45.4 Å². The van der Waals surface area contributed by atoms with E-state index in [1.54, 1.807) is 0 Å². The van der Waals surface area contributed by atoms with Crippen molar-refractivity contribution in [2.45, 2.75) is 45.2 Å². The van der Waals surface area contributed by atoms with E-state index in [2.05, 4.69) is 42.5 Å². The SMILES string of the molecule is CN/C(=C\NC(C)C)N1C[C@@H]2C[C@@](C)(N)C[C@@H]2C1. The van der Waals surface area contributed by atoms with E-state index in [-0.39, 0.29) is 5.54 Å².